The molecule has 2 saturated heterocycles. The van der Waals surface area contributed by atoms with E-state index in [2.05, 4.69) is 5.32 Å². The molecule has 3 rings (SSSR count). The average molecular weight is 398 g/mol. The summed E-state index contributed by atoms with van der Waals surface area (Å²) < 4.78 is 26.8. The van der Waals surface area contributed by atoms with Gasteiger partial charge in [0, 0.05) is 30.8 Å². The molecule has 2 amide bonds. The topological polar surface area (TPSA) is 86.7 Å². The molecule has 0 aliphatic carbocycles. The number of hydrogen-bond donors (Lipinski definition) is 2. The lowest BCUT2D eigenvalue weighted by molar-refractivity contribution is -0.147. The average Bonchev–Trinajstić information content (AvgIpc) is 3.11. The highest BCUT2D eigenvalue weighted by atomic mass is 32.2. The first-order chi connectivity index (χ1) is 12.8. The maximum Gasteiger partial charge on any atom is 0.330 e. The maximum absolute atomic E-state index is 13.8. The minimum absolute atomic E-state index is 0.202. The Hall–Kier alpha value is -2.16. The van der Waals surface area contributed by atoms with E-state index in [9.17, 15) is 28.3 Å². The van der Waals surface area contributed by atoms with Crippen LogP contribution in [0.2, 0.25) is 0 Å². The second-order valence-electron chi connectivity index (χ2n) is 6.87. The van der Waals surface area contributed by atoms with Crippen molar-refractivity contribution >= 4 is 29.5 Å². The number of carbonyl (C=O) groups is 3. The summed E-state index contributed by atoms with van der Waals surface area (Å²) in [5.74, 6) is -2.92. The van der Waals surface area contributed by atoms with E-state index in [0.717, 1.165) is 12.1 Å². The Balaban J connectivity index is 1.59. The number of thioether (sulfide) groups is 1. The van der Waals surface area contributed by atoms with Gasteiger partial charge in [-0.3, -0.25) is 9.59 Å². The number of likely N-dealkylation sites (tertiary alicyclic amines) is 1. The van der Waals surface area contributed by atoms with E-state index >= 15 is 0 Å². The van der Waals surface area contributed by atoms with Gasteiger partial charge in [0.2, 0.25) is 5.91 Å². The van der Waals surface area contributed by atoms with Crippen molar-refractivity contribution in [1.29, 1.82) is 0 Å². The summed E-state index contributed by atoms with van der Waals surface area (Å²) in [6, 6.07) is 2.81. The first kappa shape index (κ1) is 19.6. The number of carbonyl (C=O) groups excluding carboxylic acids is 2. The molecular formula is C18H20F2N2O4S. The molecule has 1 atom stereocenters. The molecule has 2 N–H and O–H groups in total. The molecule has 2 heterocycles. The van der Waals surface area contributed by atoms with Gasteiger partial charge in [-0.2, -0.15) is 11.8 Å². The fraction of sp³-hybridized carbons (Fsp3) is 0.500. The number of nitrogens with one attached hydrogen (secondary N) is 1. The van der Waals surface area contributed by atoms with Crippen LogP contribution in [-0.2, 0) is 9.59 Å². The molecule has 27 heavy (non-hydrogen) atoms. The van der Waals surface area contributed by atoms with Gasteiger partial charge in [-0.15, -0.1) is 0 Å². The minimum Gasteiger partial charge on any atom is -0.479 e. The van der Waals surface area contributed by atoms with Crippen LogP contribution < -0.4 is 5.32 Å². The number of carboxylic acids is 1. The predicted molar refractivity (Wildman–Crippen MR) is 95.4 cm³/mol. The van der Waals surface area contributed by atoms with Crippen LogP contribution in [0.25, 0.3) is 0 Å². The molecule has 1 aromatic rings. The molecule has 6 nitrogen and oxygen atoms in total. The largest absolute Gasteiger partial charge is 0.479 e. The Labute approximate surface area is 159 Å². The van der Waals surface area contributed by atoms with Gasteiger partial charge in [-0.1, -0.05) is 0 Å². The zero-order valence-electron chi connectivity index (χ0n) is 14.5. The Kier molecular flexibility index (Phi) is 5.69. The molecule has 2 aliphatic heterocycles. The van der Waals surface area contributed by atoms with E-state index < -0.39 is 35.0 Å². The number of amides is 2. The van der Waals surface area contributed by atoms with E-state index in [0.29, 0.717) is 36.8 Å². The van der Waals surface area contributed by atoms with Crippen LogP contribution in [0.1, 0.15) is 29.6 Å². The van der Waals surface area contributed by atoms with Gasteiger partial charge >= 0.3 is 5.97 Å². The normalized spacial score (nSPS) is 23.3. The quantitative estimate of drug-likeness (QED) is 0.809. The number of halogens is 2. The van der Waals surface area contributed by atoms with Crippen molar-refractivity contribution in [3.63, 3.8) is 0 Å². The van der Waals surface area contributed by atoms with Gasteiger partial charge in [0.1, 0.15) is 17.2 Å². The Morgan fingerprint density at radius 1 is 1.22 bits per heavy atom. The molecule has 1 aromatic carbocycles. The highest BCUT2D eigenvalue weighted by Crippen LogP contribution is 2.29. The standard InChI is InChI=1S/C18H20F2N2O4S/c19-12-1-2-13(14(20)9-12)16(24)22-6-3-11(4-7-22)15(23)21-18(17(25)26)5-8-27-10-18/h1-2,9,11H,3-8,10H2,(H,21,23)(H,25,26). The molecule has 0 aromatic heterocycles. The van der Waals surface area contributed by atoms with E-state index in [1.54, 1.807) is 0 Å². The third-order valence-electron chi connectivity index (χ3n) is 5.11. The van der Waals surface area contributed by atoms with Gasteiger partial charge in [-0.25, -0.2) is 13.6 Å². The fourth-order valence-electron chi connectivity index (χ4n) is 3.40. The van der Waals surface area contributed by atoms with Crippen LogP contribution in [0.3, 0.4) is 0 Å². The monoisotopic (exact) mass is 398 g/mol. The van der Waals surface area contributed by atoms with Gasteiger partial charge in [0.25, 0.3) is 5.91 Å². The van der Waals surface area contributed by atoms with Crippen molar-refractivity contribution in [2.75, 3.05) is 24.6 Å². The highest BCUT2D eigenvalue weighted by Gasteiger charge is 2.44. The van der Waals surface area contributed by atoms with Crippen LogP contribution in [0, 0.1) is 17.6 Å². The Bertz CT molecular complexity index is 760. The lowest BCUT2D eigenvalue weighted by Crippen LogP contribution is -2.57. The first-order valence-electron chi connectivity index (χ1n) is 8.70. The van der Waals surface area contributed by atoms with Crippen LogP contribution >= 0.6 is 11.8 Å². The van der Waals surface area contributed by atoms with Crippen LogP contribution in [0.4, 0.5) is 8.78 Å². The van der Waals surface area contributed by atoms with Crippen molar-refractivity contribution < 1.29 is 28.3 Å². The summed E-state index contributed by atoms with van der Waals surface area (Å²) >= 11 is 1.49. The molecule has 1 unspecified atom stereocenters. The van der Waals surface area contributed by atoms with Gasteiger partial charge in [-0.05, 0) is 37.1 Å². The van der Waals surface area contributed by atoms with Gasteiger partial charge in [0.15, 0.2) is 0 Å². The van der Waals surface area contributed by atoms with E-state index in [1.807, 2.05) is 0 Å². The second kappa shape index (κ2) is 7.84. The highest BCUT2D eigenvalue weighted by molar-refractivity contribution is 7.99. The molecule has 9 heteroatoms. The Morgan fingerprint density at radius 2 is 1.93 bits per heavy atom. The number of aliphatic carboxylic acids is 1. The van der Waals surface area contributed by atoms with Crippen LogP contribution in [0.5, 0.6) is 0 Å². The first-order valence-corrected chi connectivity index (χ1v) is 9.85. The summed E-state index contributed by atoms with van der Waals surface area (Å²) in [5, 5.41) is 12.1. The summed E-state index contributed by atoms with van der Waals surface area (Å²) in [6.07, 6.45) is 1.12. The van der Waals surface area contributed by atoms with Crippen LogP contribution in [-0.4, -0.2) is 57.9 Å². The van der Waals surface area contributed by atoms with E-state index in [1.165, 1.54) is 16.7 Å². The molecule has 0 bridgehead atoms. The number of hydrogen-bond acceptors (Lipinski definition) is 4. The molecule has 2 fully saturated rings. The maximum atomic E-state index is 13.8. The molecule has 0 saturated carbocycles. The van der Waals surface area contributed by atoms with Gasteiger partial charge in [0.05, 0.1) is 5.56 Å². The van der Waals surface area contributed by atoms with Gasteiger partial charge < -0.3 is 15.3 Å². The number of carboxylic acid groups (broad SMARTS) is 1. The number of piperidine rings is 1. The van der Waals surface area contributed by atoms with Crippen molar-refractivity contribution in [3.8, 4) is 0 Å². The molecule has 2 aliphatic rings. The van der Waals surface area contributed by atoms with Crippen molar-refractivity contribution in [2.24, 2.45) is 5.92 Å². The summed E-state index contributed by atoms with van der Waals surface area (Å²) in [4.78, 5) is 37.9. The van der Waals surface area contributed by atoms with E-state index in [-0.39, 0.29) is 24.6 Å². The van der Waals surface area contributed by atoms with Crippen molar-refractivity contribution in [1.82, 2.24) is 10.2 Å². The summed E-state index contributed by atoms with van der Waals surface area (Å²) in [7, 11) is 0. The van der Waals surface area contributed by atoms with Crippen molar-refractivity contribution in [3.05, 3.63) is 35.4 Å². The molecule has 146 valence electrons. The van der Waals surface area contributed by atoms with Crippen molar-refractivity contribution in [2.45, 2.75) is 24.8 Å². The third kappa shape index (κ3) is 4.07. The molecule has 0 spiro atoms. The molecule has 0 radical (unpaired) electrons. The fourth-order valence-corrected chi connectivity index (χ4v) is 4.73. The smallest absolute Gasteiger partial charge is 0.330 e. The lowest BCUT2D eigenvalue weighted by Gasteiger charge is -2.33. The third-order valence-corrected chi connectivity index (χ3v) is 6.30. The number of benzene rings is 1. The molecular weight excluding hydrogens is 378 g/mol. The van der Waals surface area contributed by atoms with E-state index in [4.69, 9.17) is 0 Å². The SMILES string of the molecule is O=C(NC1(C(=O)O)CCSC1)C1CCN(C(=O)c2ccc(F)cc2F)CC1. The summed E-state index contributed by atoms with van der Waals surface area (Å²) in [6.45, 7) is 0.505. The number of nitrogens with zero attached hydrogens (tertiary/aromatic N) is 1. The zero-order valence-corrected chi connectivity index (χ0v) is 15.4. The zero-order chi connectivity index (χ0) is 19.6. The van der Waals surface area contributed by atoms with Crippen LogP contribution in [0.15, 0.2) is 18.2 Å². The second-order valence-corrected chi connectivity index (χ2v) is 7.97. The Morgan fingerprint density at radius 3 is 2.48 bits per heavy atom. The predicted octanol–water partition coefficient (Wildman–Crippen LogP) is 1.89. The number of rotatable bonds is 4. The summed E-state index contributed by atoms with van der Waals surface area (Å²) in [5.41, 5.74) is -1.42. The lowest BCUT2D eigenvalue weighted by atomic mass is 9.92. The minimum atomic E-state index is -1.22.